The first-order valence-corrected chi connectivity index (χ1v) is 12.6. The van der Waals surface area contributed by atoms with Gasteiger partial charge in [-0.1, -0.05) is 49.2 Å². The highest BCUT2D eigenvalue weighted by atomic mass is 19.4. The van der Waals surface area contributed by atoms with Crippen molar-refractivity contribution in [2.75, 3.05) is 6.61 Å². The zero-order valence-electron chi connectivity index (χ0n) is 21.2. The van der Waals surface area contributed by atoms with Crippen molar-refractivity contribution in [3.05, 3.63) is 101 Å². The van der Waals surface area contributed by atoms with Crippen LogP contribution < -0.4 is 15.4 Å². The third-order valence-electron chi connectivity index (χ3n) is 6.82. The van der Waals surface area contributed by atoms with E-state index in [1.807, 2.05) is 0 Å². The van der Waals surface area contributed by atoms with Gasteiger partial charge in [0, 0.05) is 12.5 Å². The molecule has 1 aliphatic rings. The van der Waals surface area contributed by atoms with Gasteiger partial charge in [-0.2, -0.15) is 13.2 Å². The van der Waals surface area contributed by atoms with Crippen molar-refractivity contribution in [2.45, 2.75) is 49.9 Å². The third kappa shape index (κ3) is 6.88. The second-order valence-electron chi connectivity index (χ2n) is 9.70. The maximum atomic E-state index is 14.8. The molecule has 1 aliphatic carbocycles. The van der Waals surface area contributed by atoms with Gasteiger partial charge in [0.05, 0.1) is 11.1 Å². The van der Waals surface area contributed by atoms with E-state index in [1.165, 1.54) is 6.07 Å². The quantitative estimate of drug-likeness (QED) is 0.272. The largest absolute Gasteiger partial charge is 0.479 e. The summed E-state index contributed by atoms with van der Waals surface area (Å²) >= 11 is 0. The highest BCUT2D eigenvalue weighted by molar-refractivity contribution is 5.76. The maximum Gasteiger partial charge on any atom is 0.416 e. The van der Waals surface area contributed by atoms with Gasteiger partial charge in [0.1, 0.15) is 5.82 Å². The average molecular weight is 563 g/mol. The zero-order chi connectivity index (χ0) is 28.9. The summed E-state index contributed by atoms with van der Waals surface area (Å²) < 4.78 is 75.9. The molecule has 0 radical (unpaired) electrons. The van der Waals surface area contributed by atoms with E-state index >= 15 is 0 Å². The number of carboxylic acid groups (broad SMARTS) is 1. The van der Waals surface area contributed by atoms with Crippen LogP contribution in [0.15, 0.2) is 66.7 Å². The Kier molecular flexibility index (Phi) is 8.61. The number of carbonyl (C=O) groups is 2. The summed E-state index contributed by atoms with van der Waals surface area (Å²) in [5, 5.41) is 14.6. The van der Waals surface area contributed by atoms with Crippen LogP contribution in [-0.4, -0.2) is 29.8 Å². The molecule has 0 bridgehead atoms. The topological polar surface area (TPSA) is 87.7 Å². The van der Waals surface area contributed by atoms with Crippen molar-refractivity contribution in [3.8, 4) is 5.75 Å². The zero-order valence-corrected chi connectivity index (χ0v) is 21.2. The Morgan fingerprint density at radius 2 is 1.57 bits per heavy atom. The van der Waals surface area contributed by atoms with Gasteiger partial charge in [0.25, 0.3) is 0 Å². The molecule has 3 N–H and O–H groups in total. The van der Waals surface area contributed by atoms with Crippen LogP contribution in [0.5, 0.6) is 5.75 Å². The molecule has 40 heavy (non-hydrogen) atoms. The average Bonchev–Trinajstić information content (AvgIpc) is 3.40. The summed E-state index contributed by atoms with van der Waals surface area (Å²) in [6.07, 6.45) is -1.80. The minimum Gasteiger partial charge on any atom is -0.479 e. The lowest BCUT2D eigenvalue weighted by atomic mass is 9.77. The molecule has 1 unspecified atom stereocenters. The van der Waals surface area contributed by atoms with Crippen LogP contribution in [0.3, 0.4) is 0 Å². The van der Waals surface area contributed by atoms with E-state index in [0.29, 0.717) is 11.6 Å². The summed E-state index contributed by atoms with van der Waals surface area (Å²) in [7, 11) is 0. The summed E-state index contributed by atoms with van der Waals surface area (Å²) in [6, 6.07) is 12.9. The van der Waals surface area contributed by atoms with E-state index in [1.54, 1.807) is 30.3 Å². The third-order valence-corrected chi connectivity index (χ3v) is 6.82. The number of nitrogens with one attached hydrogen (secondary N) is 2. The Labute approximate surface area is 227 Å². The summed E-state index contributed by atoms with van der Waals surface area (Å²) in [4.78, 5) is 24.4. The summed E-state index contributed by atoms with van der Waals surface area (Å²) in [5.74, 6) is -3.99. The standard InChI is InChI=1S/C29H27F5N2O4/c30-22-13-20(12-21(14-22)29(32,33)34)28(16-18-6-2-1-3-7-18,36-27(39)35-23-8-4-5-9-23)19-10-11-24(31)25(15-19)40-17-26(37)38/h1-3,6-7,10-15,23H,4-5,8-9,16-17H2,(H,37,38)(H2,35,36,39). The van der Waals surface area contributed by atoms with E-state index in [0.717, 1.165) is 49.9 Å². The van der Waals surface area contributed by atoms with Crippen LogP contribution in [0.1, 0.15) is 47.9 Å². The second-order valence-corrected chi connectivity index (χ2v) is 9.70. The molecule has 1 atom stereocenters. The number of amides is 2. The lowest BCUT2D eigenvalue weighted by molar-refractivity contribution is -0.139. The molecule has 3 aromatic rings. The highest BCUT2D eigenvalue weighted by Gasteiger charge is 2.41. The van der Waals surface area contributed by atoms with Gasteiger partial charge in [-0.25, -0.2) is 18.4 Å². The summed E-state index contributed by atoms with van der Waals surface area (Å²) in [6.45, 7) is -0.889. The van der Waals surface area contributed by atoms with Crippen molar-refractivity contribution < 1.29 is 41.4 Å². The Balaban J connectivity index is 1.93. The van der Waals surface area contributed by atoms with Crippen LogP contribution in [0, 0.1) is 11.6 Å². The fourth-order valence-corrected chi connectivity index (χ4v) is 4.97. The summed E-state index contributed by atoms with van der Waals surface area (Å²) in [5.41, 5.74) is -2.76. The number of urea groups is 1. The van der Waals surface area contributed by atoms with Gasteiger partial charge in [0.2, 0.25) is 0 Å². The number of ether oxygens (including phenoxy) is 1. The number of aliphatic carboxylic acids is 1. The molecule has 1 saturated carbocycles. The van der Waals surface area contributed by atoms with Crippen molar-refractivity contribution in [1.29, 1.82) is 0 Å². The lowest BCUT2D eigenvalue weighted by Gasteiger charge is -2.37. The second kappa shape index (κ2) is 11.9. The van der Waals surface area contributed by atoms with Gasteiger partial charge >= 0.3 is 18.2 Å². The fourth-order valence-electron chi connectivity index (χ4n) is 4.97. The Morgan fingerprint density at radius 3 is 2.23 bits per heavy atom. The van der Waals surface area contributed by atoms with E-state index in [-0.39, 0.29) is 23.6 Å². The predicted octanol–water partition coefficient (Wildman–Crippen LogP) is 6.18. The molecule has 0 saturated heterocycles. The van der Waals surface area contributed by atoms with E-state index in [9.17, 15) is 31.5 Å². The molecule has 6 nitrogen and oxygen atoms in total. The Hall–Kier alpha value is -4.15. The van der Waals surface area contributed by atoms with Gasteiger partial charge in [-0.15, -0.1) is 0 Å². The molecular weight excluding hydrogens is 535 g/mol. The fraction of sp³-hybridized carbons (Fsp3) is 0.310. The van der Waals surface area contributed by atoms with Crippen molar-refractivity contribution in [2.24, 2.45) is 0 Å². The minimum atomic E-state index is -4.90. The molecule has 0 aromatic heterocycles. The van der Waals surface area contributed by atoms with Gasteiger partial charge in [-0.05, 0) is 59.9 Å². The molecule has 212 valence electrons. The molecule has 0 heterocycles. The monoisotopic (exact) mass is 562 g/mol. The van der Waals surface area contributed by atoms with E-state index in [4.69, 9.17) is 9.84 Å². The number of carboxylic acids is 1. The predicted molar refractivity (Wildman–Crippen MR) is 136 cm³/mol. The first kappa shape index (κ1) is 28.8. The molecule has 2 amide bonds. The molecule has 0 spiro atoms. The van der Waals surface area contributed by atoms with Crippen LogP contribution in [0.2, 0.25) is 0 Å². The van der Waals surface area contributed by atoms with Gasteiger partial charge in [-0.3, -0.25) is 0 Å². The van der Waals surface area contributed by atoms with Crippen LogP contribution >= 0.6 is 0 Å². The molecule has 4 rings (SSSR count). The Morgan fingerprint density at radius 1 is 0.900 bits per heavy atom. The minimum absolute atomic E-state index is 0.0541. The number of hydrogen-bond acceptors (Lipinski definition) is 3. The molecule has 0 aliphatic heterocycles. The molecule has 11 heteroatoms. The van der Waals surface area contributed by atoms with E-state index in [2.05, 4.69) is 10.6 Å². The number of alkyl halides is 3. The van der Waals surface area contributed by atoms with Crippen LogP contribution in [0.25, 0.3) is 0 Å². The highest BCUT2D eigenvalue weighted by Crippen LogP contribution is 2.39. The smallest absolute Gasteiger partial charge is 0.416 e. The van der Waals surface area contributed by atoms with E-state index < -0.39 is 53.3 Å². The number of carbonyl (C=O) groups excluding carboxylic acids is 1. The maximum absolute atomic E-state index is 14.8. The van der Waals surface area contributed by atoms with Gasteiger partial charge < -0.3 is 20.5 Å². The number of hydrogen-bond donors (Lipinski definition) is 3. The first-order chi connectivity index (χ1) is 19.0. The first-order valence-electron chi connectivity index (χ1n) is 12.6. The van der Waals surface area contributed by atoms with Crippen molar-refractivity contribution in [1.82, 2.24) is 10.6 Å². The normalized spacial score (nSPS) is 15.3. The van der Waals surface area contributed by atoms with Crippen LogP contribution in [-0.2, 0) is 22.9 Å². The van der Waals surface area contributed by atoms with Crippen LogP contribution in [0.4, 0.5) is 26.7 Å². The number of benzene rings is 3. The van der Waals surface area contributed by atoms with Crippen molar-refractivity contribution >= 4 is 12.0 Å². The molecule has 1 fully saturated rings. The lowest BCUT2D eigenvalue weighted by Crippen LogP contribution is -2.53. The molecular formula is C29H27F5N2O4. The SMILES string of the molecule is O=C(O)COc1cc(C(Cc2ccccc2)(NC(=O)NC2CCCC2)c2cc(F)cc(C(F)(F)F)c2)ccc1F. The number of rotatable bonds is 9. The van der Waals surface area contributed by atoms with Gasteiger partial charge in [0.15, 0.2) is 18.2 Å². The number of halogens is 5. The van der Waals surface area contributed by atoms with Crippen molar-refractivity contribution in [3.63, 3.8) is 0 Å². The molecule has 3 aromatic carbocycles. The Bertz CT molecular complexity index is 1360.